The fraction of sp³-hybridized carbons (Fsp3) is 0.438. The number of nitrogens with zero attached hydrogens (tertiary/aromatic N) is 1. The highest BCUT2D eigenvalue weighted by molar-refractivity contribution is 5.98. The predicted octanol–water partition coefficient (Wildman–Crippen LogP) is 2.60. The quantitative estimate of drug-likeness (QED) is 0.595. The van der Waals surface area contributed by atoms with Crippen LogP contribution in [0.5, 0.6) is 0 Å². The van der Waals surface area contributed by atoms with Gasteiger partial charge in [0.25, 0.3) is 0 Å². The van der Waals surface area contributed by atoms with Crippen molar-refractivity contribution >= 4 is 18.0 Å². The number of hydrogen-bond acceptors (Lipinski definition) is 5. The molecule has 0 N–H and O–H groups in total. The number of carbonyl (C=O) groups is 2. The van der Waals surface area contributed by atoms with Gasteiger partial charge in [0.15, 0.2) is 0 Å². The van der Waals surface area contributed by atoms with E-state index in [-0.39, 0.29) is 25.2 Å². The van der Waals surface area contributed by atoms with Crippen LogP contribution in [0.2, 0.25) is 0 Å². The van der Waals surface area contributed by atoms with Crippen molar-refractivity contribution in [2.45, 2.75) is 34.1 Å². The normalized spacial score (nSPS) is 11.1. The molecule has 0 spiro atoms. The van der Waals surface area contributed by atoms with Crippen molar-refractivity contribution in [3.05, 3.63) is 34.7 Å². The lowest BCUT2D eigenvalue weighted by atomic mass is 10.1. The highest BCUT2D eigenvalue weighted by Crippen LogP contribution is 2.13. The van der Waals surface area contributed by atoms with Gasteiger partial charge in [-0.2, -0.15) is 0 Å². The van der Waals surface area contributed by atoms with Crippen LogP contribution in [0.1, 0.15) is 37.2 Å². The van der Waals surface area contributed by atoms with Crippen molar-refractivity contribution in [2.24, 2.45) is 0 Å². The smallest absolute Gasteiger partial charge is 0.334 e. The average Bonchev–Trinajstić information content (AvgIpc) is 2.37. The van der Waals surface area contributed by atoms with Crippen LogP contribution in [-0.2, 0) is 19.1 Å². The number of ether oxygens (including phenoxy) is 2. The summed E-state index contributed by atoms with van der Waals surface area (Å²) in [5.41, 5.74) is 2.75. The molecule has 0 saturated carbocycles. The van der Waals surface area contributed by atoms with Gasteiger partial charge in [0, 0.05) is 5.69 Å². The van der Waals surface area contributed by atoms with Gasteiger partial charge in [-0.1, -0.05) is 0 Å². The summed E-state index contributed by atoms with van der Waals surface area (Å²) >= 11 is 0. The van der Waals surface area contributed by atoms with E-state index < -0.39 is 11.9 Å². The Hall–Kier alpha value is -2.17. The highest BCUT2D eigenvalue weighted by atomic mass is 16.5. The van der Waals surface area contributed by atoms with Crippen molar-refractivity contribution < 1.29 is 19.1 Å². The molecule has 0 saturated heterocycles. The molecule has 21 heavy (non-hydrogen) atoms. The molecule has 0 aliphatic rings. The van der Waals surface area contributed by atoms with Crippen LogP contribution in [0.15, 0.2) is 17.7 Å². The zero-order valence-electron chi connectivity index (χ0n) is 12.9. The second-order valence-electron chi connectivity index (χ2n) is 4.58. The number of rotatable bonds is 6. The largest absolute Gasteiger partial charge is 0.466 e. The molecular formula is C16H21NO4. The van der Waals surface area contributed by atoms with Crippen LogP contribution in [-0.4, -0.2) is 30.1 Å². The van der Waals surface area contributed by atoms with E-state index in [1.54, 1.807) is 19.9 Å². The SMILES string of the molecule is CCOC(=O)CC(=Cc1cc(C)cc(C)n1)C(=O)OCC. The third-order valence-corrected chi connectivity index (χ3v) is 2.62. The Balaban J connectivity index is 3.06. The standard InChI is InChI=1S/C16H21NO4/c1-5-20-15(18)10-13(16(19)21-6-2)9-14-8-11(3)7-12(4)17-14/h7-9H,5-6,10H2,1-4H3. The fourth-order valence-corrected chi connectivity index (χ4v) is 1.90. The molecule has 0 unspecified atom stereocenters. The van der Waals surface area contributed by atoms with Crippen molar-refractivity contribution in [2.75, 3.05) is 13.2 Å². The number of carbonyl (C=O) groups excluding carboxylic acids is 2. The summed E-state index contributed by atoms with van der Waals surface area (Å²) in [7, 11) is 0. The van der Waals surface area contributed by atoms with Gasteiger partial charge in [-0.15, -0.1) is 0 Å². The Morgan fingerprint density at radius 3 is 2.38 bits per heavy atom. The Kier molecular flexibility index (Phi) is 6.59. The lowest BCUT2D eigenvalue weighted by molar-refractivity contribution is -0.145. The van der Waals surface area contributed by atoms with Gasteiger partial charge in [-0.25, -0.2) is 4.79 Å². The molecule has 0 aliphatic heterocycles. The first kappa shape index (κ1) is 16.9. The van der Waals surface area contributed by atoms with Crippen LogP contribution in [0.3, 0.4) is 0 Å². The summed E-state index contributed by atoms with van der Waals surface area (Å²) in [6.45, 7) is 7.78. The summed E-state index contributed by atoms with van der Waals surface area (Å²) in [6.07, 6.45) is 1.45. The van der Waals surface area contributed by atoms with Crippen molar-refractivity contribution in [1.29, 1.82) is 0 Å². The topological polar surface area (TPSA) is 65.5 Å². The zero-order valence-corrected chi connectivity index (χ0v) is 12.9. The first-order valence-electron chi connectivity index (χ1n) is 6.94. The fourth-order valence-electron chi connectivity index (χ4n) is 1.90. The van der Waals surface area contributed by atoms with Gasteiger partial charge in [0.1, 0.15) is 0 Å². The molecule has 0 atom stereocenters. The first-order chi connectivity index (χ1) is 9.96. The number of aryl methyl sites for hydroxylation is 2. The molecular weight excluding hydrogens is 270 g/mol. The number of aromatic nitrogens is 1. The van der Waals surface area contributed by atoms with Gasteiger partial charge >= 0.3 is 11.9 Å². The van der Waals surface area contributed by atoms with Gasteiger partial charge < -0.3 is 9.47 Å². The Labute approximate surface area is 125 Å². The van der Waals surface area contributed by atoms with Crippen molar-refractivity contribution in [1.82, 2.24) is 4.98 Å². The average molecular weight is 291 g/mol. The molecule has 1 aromatic rings. The van der Waals surface area contributed by atoms with E-state index in [1.807, 2.05) is 26.0 Å². The molecule has 5 heteroatoms. The maximum atomic E-state index is 11.9. The van der Waals surface area contributed by atoms with E-state index in [4.69, 9.17) is 9.47 Å². The summed E-state index contributed by atoms with van der Waals surface area (Å²) in [4.78, 5) is 27.9. The molecule has 1 rings (SSSR count). The molecule has 0 fully saturated rings. The molecule has 114 valence electrons. The summed E-state index contributed by atoms with van der Waals surface area (Å²) in [6, 6.07) is 3.78. The van der Waals surface area contributed by atoms with E-state index in [9.17, 15) is 9.59 Å². The third-order valence-electron chi connectivity index (χ3n) is 2.62. The lowest BCUT2D eigenvalue weighted by Gasteiger charge is -2.07. The second-order valence-corrected chi connectivity index (χ2v) is 4.58. The second kappa shape index (κ2) is 8.19. The lowest BCUT2D eigenvalue weighted by Crippen LogP contribution is -2.13. The minimum absolute atomic E-state index is 0.124. The van der Waals surface area contributed by atoms with Gasteiger partial charge in [0.2, 0.25) is 0 Å². The number of hydrogen-bond donors (Lipinski definition) is 0. The van der Waals surface area contributed by atoms with Crippen LogP contribution in [0.4, 0.5) is 0 Å². The number of pyridine rings is 1. The van der Waals surface area contributed by atoms with Crippen molar-refractivity contribution in [3.8, 4) is 0 Å². The van der Waals surface area contributed by atoms with E-state index >= 15 is 0 Å². The maximum absolute atomic E-state index is 11.9. The molecule has 1 heterocycles. The minimum atomic E-state index is -0.522. The molecule has 0 radical (unpaired) electrons. The Morgan fingerprint density at radius 2 is 1.81 bits per heavy atom. The highest BCUT2D eigenvalue weighted by Gasteiger charge is 2.16. The molecule has 5 nitrogen and oxygen atoms in total. The molecule has 0 bridgehead atoms. The monoisotopic (exact) mass is 291 g/mol. The summed E-state index contributed by atoms with van der Waals surface area (Å²) in [5.74, 6) is -0.979. The van der Waals surface area contributed by atoms with Crippen LogP contribution in [0.25, 0.3) is 6.08 Å². The first-order valence-corrected chi connectivity index (χ1v) is 6.94. The third kappa shape index (κ3) is 5.77. The van der Waals surface area contributed by atoms with Gasteiger partial charge in [-0.05, 0) is 51.5 Å². The van der Waals surface area contributed by atoms with Gasteiger partial charge in [-0.3, -0.25) is 9.78 Å². The Bertz CT molecular complexity index is 529. The van der Waals surface area contributed by atoms with E-state index in [2.05, 4.69) is 4.98 Å². The predicted molar refractivity (Wildman–Crippen MR) is 79.6 cm³/mol. The van der Waals surface area contributed by atoms with E-state index in [0.717, 1.165) is 11.3 Å². The van der Waals surface area contributed by atoms with Gasteiger partial charge in [0.05, 0.1) is 30.9 Å². The molecule has 0 amide bonds. The maximum Gasteiger partial charge on any atom is 0.334 e. The molecule has 0 aromatic carbocycles. The minimum Gasteiger partial charge on any atom is -0.466 e. The summed E-state index contributed by atoms with van der Waals surface area (Å²) < 4.78 is 9.85. The van der Waals surface area contributed by atoms with Crippen LogP contribution < -0.4 is 0 Å². The summed E-state index contributed by atoms with van der Waals surface area (Å²) in [5, 5.41) is 0. The molecule has 1 aromatic heterocycles. The zero-order chi connectivity index (χ0) is 15.8. The van der Waals surface area contributed by atoms with E-state index in [0.29, 0.717) is 5.69 Å². The van der Waals surface area contributed by atoms with Crippen LogP contribution >= 0.6 is 0 Å². The Morgan fingerprint density at radius 1 is 1.14 bits per heavy atom. The number of esters is 2. The molecule has 0 aliphatic carbocycles. The van der Waals surface area contributed by atoms with Crippen LogP contribution in [0, 0.1) is 13.8 Å². The van der Waals surface area contributed by atoms with Crippen molar-refractivity contribution in [3.63, 3.8) is 0 Å². The van der Waals surface area contributed by atoms with E-state index in [1.165, 1.54) is 0 Å².